The standard InChI is InChI=1S/C11H17N5O2S2/c1-3-7-6-8-9(14-4-5-20(12,17)18)15-11(13-2)16-10(8)19-7/h6H,3-5H2,1-2H3,(H2,12,17,18)(H2,13,14,15,16). The summed E-state index contributed by atoms with van der Waals surface area (Å²) in [7, 11) is -1.74. The number of aryl methyl sites for hydroxylation is 1. The Morgan fingerprint density at radius 3 is 2.75 bits per heavy atom. The molecule has 0 fully saturated rings. The van der Waals surface area contributed by atoms with Gasteiger partial charge in [0.25, 0.3) is 0 Å². The summed E-state index contributed by atoms with van der Waals surface area (Å²) in [6, 6.07) is 2.03. The number of aromatic nitrogens is 2. The molecule has 7 nitrogen and oxygen atoms in total. The number of primary sulfonamides is 1. The minimum atomic E-state index is -3.48. The summed E-state index contributed by atoms with van der Waals surface area (Å²) in [5.74, 6) is 0.983. The Morgan fingerprint density at radius 2 is 2.15 bits per heavy atom. The van der Waals surface area contributed by atoms with Crippen LogP contribution in [0.5, 0.6) is 0 Å². The third kappa shape index (κ3) is 3.56. The number of fused-ring (bicyclic) bond motifs is 1. The molecule has 0 amide bonds. The van der Waals surface area contributed by atoms with Crippen molar-refractivity contribution in [1.29, 1.82) is 0 Å². The predicted octanol–water partition coefficient (Wildman–Crippen LogP) is 0.996. The molecule has 110 valence electrons. The lowest BCUT2D eigenvalue weighted by Crippen LogP contribution is -2.22. The summed E-state index contributed by atoms with van der Waals surface area (Å²) in [5, 5.41) is 11.8. The van der Waals surface area contributed by atoms with E-state index in [4.69, 9.17) is 5.14 Å². The van der Waals surface area contributed by atoms with Crippen LogP contribution in [0, 0.1) is 0 Å². The van der Waals surface area contributed by atoms with Crippen molar-refractivity contribution in [3.63, 3.8) is 0 Å². The lowest BCUT2D eigenvalue weighted by Gasteiger charge is -2.07. The van der Waals surface area contributed by atoms with Gasteiger partial charge in [-0.25, -0.2) is 18.5 Å². The summed E-state index contributed by atoms with van der Waals surface area (Å²) in [6.45, 7) is 2.29. The first kappa shape index (κ1) is 14.9. The minimum absolute atomic E-state index is 0.141. The number of thiophene rings is 1. The quantitative estimate of drug-likeness (QED) is 0.733. The Morgan fingerprint density at radius 1 is 1.40 bits per heavy atom. The second-order valence-electron chi connectivity index (χ2n) is 4.22. The van der Waals surface area contributed by atoms with Crippen molar-refractivity contribution in [2.45, 2.75) is 13.3 Å². The SMILES string of the molecule is CCc1cc2c(NCCS(N)(=O)=O)nc(NC)nc2s1. The van der Waals surface area contributed by atoms with Crippen LogP contribution in [-0.2, 0) is 16.4 Å². The first-order valence-electron chi connectivity index (χ1n) is 6.15. The maximum atomic E-state index is 11.0. The summed E-state index contributed by atoms with van der Waals surface area (Å²) in [4.78, 5) is 10.8. The first-order chi connectivity index (χ1) is 9.43. The van der Waals surface area contributed by atoms with Gasteiger partial charge >= 0.3 is 0 Å². The highest BCUT2D eigenvalue weighted by atomic mass is 32.2. The summed E-state index contributed by atoms with van der Waals surface area (Å²) in [5.41, 5.74) is 0. The maximum absolute atomic E-state index is 11.0. The van der Waals surface area contributed by atoms with Crippen LogP contribution < -0.4 is 15.8 Å². The molecule has 9 heteroatoms. The smallest absolute Gasteiger partial charge is 0.225 e. The monoisotopic (exact) mass is 315 g/mol. The van der Waals surface area contributed by atoms with Gasteiger partial charge in [0.2, 0.25) is 16.0 Å². The molecule has 0 radical (unpaired) electrons. The highest BCUT2D eigenvalue weighted by molar-refractivity contribution is 7.89. The predicted molar refractivity (Wildman–Crippen MR) is 82.8 cm³/mol. The van der Waals surface area contributed by atoms with Crippen LogP contribution in [0.2, 0.25) is 0 Å². The summed E-state index contributed by atoms with van der Waals surface area (Å²) in [6.07, 6.45) is 0.923. The lowest BCUT2D eigenvalue weighted by atomic mass is 10.3. The van der Waals surface area contributed by atoms with E-state index in [0.29, 0.717) is 11.8 Å². The van der Waals surface area contributed by atoms with Gasteiger partial charge in [-0.2, -0.15) is 4.98 Å². The summed E-state index contributed by atoms with van der Waals surface area (Å²) >= 11 is 1.61. The van der Waals surface area contributed by atoms with Crippen molar-refractivity contribution < 1.29 is 8.42 Å². The summed E-state index contributed by atoms with van der Waals surface area (Å²) < 4.78 is 21.9. The zero-order valence-electron chi connectivity index (χ0n) is 11.3. The van der Waals surface area contributed by atoms with Crippen molar-refractivity contribution in [2.75, 3.05) is 30.0 Å². The van der Waals surface area contributed by atoms with Crippen LogP contribution in [0.25, 0.3) is 10.2 Å². The third-order valence-corrected chi connectivity index (χ3v) is 4.64. The molecule has 0 aliphatic heterocycles. The van der Waals surface area contributed by atoms with Gasteiger partial charge in [0.05, 0.1) is 11.1 Å². The van der Waals surface area contributed by atoms with Crippen LogP contribution in [0.3, 0.4) is 0 Å². The van der Waals surface area contributed by atoms with E-state index < -0.39 is 10.0 Å². The average Bonchev–Trinajstić information content (AvgIpc) is 2.80. The van der Waals surface area contributed by atoms with Crippen LogP contribution >= 0.6 is 11.3 Å². The number of sulfonamides is 1. The van der Waals surface area contributed by atoms with Crippen LogP contribution in [0.4, 0.5) is 11.8 Å². The number of anilines is 2. The molecule has 0 atom stereocenters. The fraction of sp³-hybridized carbons (Fsp3) is 0.455. The Kier molecular flexibility index (Phi) is 4.41. The van der Waals surface area contributed by atoms with E-state index in [-0.39, 0.29) is 12.3 Å². The fourth-order valence-corrected chi connectivity index (χ4v) is 3.06. The van der Waals surface area contributed by atoms with Crippen molar-refractivity contribution >= 4 is 43.3 Å². The third-order valence-electron chi connectivity index (χ3n) is 2.69. The zero-order valence-corrected chi connectivity index (χ0v) is 12.9. The highest BCUT2D eigenvalue weighted by Crippen LogP contribution is 2.30. The Balaban J connectivity index is 2.32. The normalized spacial score (nSPS) is 11.8. The van der Waals surface area contributed by atoms with E-state index in [2.05, 4.69) is 27.5 Å². The highest BCUT2D eigenvalue weighted by Gasteiger charge is 2.11. The van der Waals surface area contributed by atoms with Gasteiger partial charge in [0.15, 0.2) is 0 Å². The molecule has 0 saturated heterocycles. The number of nitrogens with one attached hydrogen (secondary N) is 2. The molecule has 2 aromatic heterocycles. The zero-order chi connectivity index (χ0) is 14.8. The van der Waals surface area contributed by atoms with Crippen molar-refractivity contribution in [3.8, 4) is 0 Å². The molecule has 2 aromatic rings. The largest absolute Gasteiger partial charge is 0.368 e. The van der Waals surface area contributed by atoms with Gasteiger partial charge in [-0.1, -0.05) is 6.92 Å². The van der Waals surface area contributed by atoms with Crippen molar-refractivity contribution in [1.82, 2.24) is 9.97 Å². The Bertz CT molecular complexity index is 711. The Labute approximate surface area is 121 Å². The number of nitrogens with zero attached hydrogens (tertiary/aromatic N) is 2. The van der Waals surface area contributed by atoms with E-state index in [1.807, 2.05) is 6.07 Å². The van der Waals surface area contributed by atoms with E-state index in [1.54, 1.807) is 18.4 Å². The minimum Gasteiger partial charge on any atom is -0.368 e. The van der Waals surface area contributed by atoms with E-state index in [0.717, 1.165) is 16.6 Å². The number of rotatable bonds is 6. The van der Waals surface area contributed by atoms with Crippen molar-refractivity contribution in [2.24, 2.45) is 5.14 Å². The molecule has 0 bridgehead atoms. The fourth-order valence-electron chi connectivity index (χ4n) is 1.70. The molecular weight excluding hydrogens is 298 g/mol. The molecule has 0 unspecified atom stereocenters. The van der Waals surface area contributed by atoms with Crippen LogP contribution in [-0.4, -0.2) is 37.7 Å². The molecule has 0 saturated carbocycles. The molecular formula is C11H17N5O2S2. The number of hydrogen-bond acceptors (Lipinski definition) is 7. The Hall–Kier alpha value is -1.45. The van der Waals surface area contributed by atoms with Crippen LogP contribution in [0.15, 0.2) is 6.07 Å². The van der Waals surface area contributed by atoms with E-state index in [9.17, 15) is 8.42 Å². The topological polar surface area (TPSA) is 110 Å². The average molecular weight is 315 g/mol. The second kappa shape index (κ2) is 5.90. The van der Waals surface area contributed by atoms with Gasteiger partial charge in [-0.15, -0.1) is 11.3 Å². The van der Waals surface area contributed by atoms with Crippen LogP contribution in [0.1, 0.15) is 11.8 Å². The van der Waals surface area contributed by atoms with Gasteiger partial charge in [0, 0.05) is 18.5 Å². The molecule has 0 aliphatic carbocycles. The second-order valence-corrected chi connectivity index (χ2v) is 7.07. The molecule has 2 heterocycles. The van der Waals surface area contributed by atoms with E-state index in [1.165, 1.54) is 4.88 Å². The number of nitrogens with two attached hydrogens (primary N) is 1. The molecule has 2 rings (SSSR count). The molecule has 4 N–H and O–H groups in total. The van der Waals surface area contributed by atoms with Crippen molar-refractivity contribution in [3.05, 3.63) is 10.9 Å². The lowest BCUT2D eigenvalue weighted by molar-refractivity contribution is 0.598. The molecule has 20 heavy (non-hydrogen) atoms. The van der Waals surface area contributed by atoms with Gasteiger partial charge in [-0.3, -0.25) is 0 Å². The van der Waals surface area contributed by atoms with Gasteiger partial charge in [-0.05, 0) is 12.5 Å². The molecule has 0 spiro atoms. The molecule has 0 aliphatic rings. The number of hydrogen-bond donors (Lipinski definition) is 3. The maximum Gasteiger partial charge on any atom is 0.225 e. The first-order valence-corrected chi connectivity index (χ1v) is 8.68. The molecule has 0 aromatic carbocycles. The van der Waals surface area contributed by atoms with Gasteiger partial charge in [0.1, 0.15) is 10.6 Å². The van der Waals surface area contributed by atoms with Gasteiger partial charge < -0.3 is 10.6 Å². The van der Waals surface area contributed by atoms with E-state index >= 15 is 0 Å².